The van der Waals surface area contributed by atoms with Gasteiger partial charge in [0.2, 0.25) is 0 Å². The topological polar surface area (TPSA) is 51.0 Å². The lowest BCUT2D eigenvalue weighted by Crippen LogP contribution is -2.39. The van der Waals surface area contributed by atoms with Crippen LogP contribution >= 0.6 is 0 Å². The maximum Gasteiger partial charge on any atom is 0.257 e. The Labute approximate surface area is 172 Å². The van der Waals surface area contributed by atoms with Crippen LogP contribution in [-0.2, 0) is 6.42 Å². The van der Waals surface area contributed by atoms with Gasteiger partial charge in [0.25, 0.3) is 5.91 Å². The third kappa shape index (κ3) is 4.24. The lowest BCUT2D eigenvalue weighted by Gasteiger charge is -2.32. The minimum Gasteiger partial charge on any atom is -0.339 e. The van der Waals surface area contributed by atoms with Gasteiger partial charge in [0.15, 0.2) is 5.82 Å². The lowest BCUT2D eigenvalue weighted by atomic mass is 9.90. The minimum absolute atomic E-state index is 0.0917. The normalized spacial score (nSPS) is 15.1. The van der Waals surface area contributed by atoms with E-state index < -0.39 is 0 Å². The molecule has 1 aromatic carbocycles. The van der Waals surface area contributed by atoms with Crippen LogP contribution in [0.1, 0.15) is 54.2 Å². The average molecular weight is 389 g/mol. The molecule has 0 spiro atoms. The fourth-order valence-electron chi connectivity index (χ4n) is 4.20. The number of carbonyl (C=O) groups excluding carboxylic acids is 1. The van der Waals surface area contributed by atoms with Crippen molar-refractivity contribution < 1.29 is 4.79 Å². The molecule has 5 heteroatoms. The van der Waals surface area contributed by atoms with Crippen molar-refractivity contribution in [1.82, 2.24) is 19.7 Å². The van der Waals surface area contributed by atoms with Gasteiger partial charge in [0, 0.05) is 19.3 Å². The number of rotatable bonds is 5. The van der Waals surface area contributed by atoms with E-state index in [9.17, 15) is 4.79 Å². The van der Waals surface area contributed by atoms with Crippen molar-refractivity contribution in [2.75, 3.05) is 13.1 Å². The third-order valence-electron chi connectivity index (χ3n) is 5.72. The van der Waals surface area contributed by atoms with E-state index in [2.05, 4.69) is 54.3 Å². The number of pyridine rings is 1. The van der Waals surface area contributed by atoms with Gasteiger partial charge in [0.05, 0.1) is 17.5 Å². The largest absolute Gasteiger partial charge is 0.339 e. The Morgan fingerprint density at radius 1 is 1.07 bits per heavy atom. The Balaban J connectivity index is 1.47. The molecule has 150 valence electrons. The molecule has 0 radical (unpaired) electrons. The van der Waals surface area contributed by atoms with Gasteiger partial charge in [-0.05, 0) is 48.8 Å². The number of hydrogen-bond acceptors (Lipinski definition) is 3. The van der Waals surface area contributed by atoms with Gasteiger partial charge >= 0.3 is 0 Å². The van der Waals surface area contributed by atoms with E-state index >= 15 is 0 Å². The molecule has 4 rings (SSSR count). The first-order valence-corrected chi connectivity index (χ1v) is 10.5. The second kappa shape index (κ2) is 8.60. The molecule has 0 bridgehead atoms. The minimum atomic E-state index is 0.0917. The Kier molecular flexibility index (Phi) is 5.74. The Hall–Kier alpha value is -2.95. The summed E-state index contributed by atoms with van der Waals surface area (Å²) in [4.78, 5) is 19.7. The van der Waals surface area contributed by atoms with Crippen molar-refractivity contribution in [3.8, 4) is 5.82 Å². The zero-order chi connectivity index (χ0) is 20.2. The van der Waals surface area contributed by atoms with E-state index in [1.807, 2.05) is 23.1 Å². The van der Waals surface area contributed by atoms with Gasteiger partial charge in [-0.1, -0.05) is 50.2 Å². The first-order chi connectivity index (χ1) is 14.1. The number of amides is 1. The number of hydrogen-bond donors (Lipinski definition) is 0. The van der Waals surface area contributed by atoms with Crippen molar-refractivity contribution in [2.24, 2.45) is 5.92 Å². The van der Waals surface area contributed by atoms with Crippen LogP contribution in [0.4, 0.5) is 0 Å². The molecule has 2 aromatic heterocycles. The molecule has 0 atom stereocenters. The maximum atomic E-state index is 13.3. The molecule has 0 saturated carbocycles. The van der Waals surface area contributed by atoms with E-state index in [1.165, 1.54) is 5.56 Å². The zero-order valence-electron chi connectivity index (χ0n) is 17.2. The quantitative estimate of drug-likeness (QED) is 0.647. The monoisotopic (exact) mass is 388 g/mol. The van der Waals surface area contributed by atoms with Crippen LogP contribution in [0, 0.1) is 5.92 Å². The smallest absolute Gasteiger partial charge is 0.257 e. The SMILES string of the molecule is CC(C)c1c(C(=O)N2CCC(Cc3ccccc3)CC2)cnn1-c1ccccn1. The highest BCUT2D eigenvalue weighted by molar-refractivity contribution is 5.95. The van der Waals surface area contributed by atoms with Crippen LogP contribution in [0.5, 0.6) is 0 Å². The van der Waals surface area contributed by atoms with Crippen molar-refractivity contribution in [3.63, 3.8) is 0 Å². The summed E-state index contributed by atoms with van der Waals surface area (Å²) < 4.78 is 1.81. The second-order valence-electron chi connectivity index (χ2n) is 8.12. The molecule has 29 heavy (non-hydrogen) atoms. The van der Waals surface area contributed by atoms with E-state index in [1.54, 1.807) is 17.1 Å². The fourth-order valence-corrected chi connectivity index (χ4v) is 4.20. The predicted octanol–water partition coefficient (Wildman–Crippen LogP) is 4.49. The Bertz CT molecular complexity index is 942. The van der Waals surface area contributed by atoms with Gasteiger partial charge < -0.3 is 4.90 Å². The molecule has 0 unspecified atom stereocenters. The number of carbonyl (C=O) groups is 1. The molecule has 1 aliphatic heterocycles. The number of aromatic nitrogens is 3. The van der Waals surface area contributed by atoms with Crippen molar-refractivity contribution in [1.29, 1.82) is 0 Å². The van der Waals surface area contributed by atoms with Crippen LogP contribution in [0.2, 0.25) is 0 Å². The molecule has 0 aliphatic carbocycles. The molecule has 5 nitrogen and oxygen atoms in total. The molecule has 3 heterocycles. The summed E-state index contributed by atoms with van der Waals surface area (Å²) in [6.07, 6.45) is 6.65. The summed E-state index contributed by atoms with van der Waals surface area (Å²) in [5.41, 5.74) is 3.02. The van der Waals surface area contributed by atoms with Crippen LogP contribution in [0.25, 0.3) is 5.82 Å². The molecule has 1 amide bonds. The van der Waals surface area contributed by atoms with Crippen molar-refractivity contribution >= 4 is 5.91 Å². The molecule has 0 N–H and O–H groups in total. The van der Waals surface area contributed by atoms with Gasteiger partial charge in [-0.3, -0.25) is 4.79 Å². The number of benzene rings is 1. The predicted molar refractivity (Wildman–Crippen MR) is 114 cm³/mol. The average Bonchev–Trinajstić information content (AvgIpc) is 3.21. The second-order valence-corrected chi connectivity index (χ2v) is 8.12. The van der Waals surface area contributed by atoms with Crippen LogP contribution in [-0.4, -0.2) is 38.7 Å². The Morgan fingerprint density at radius 2 is 1.79 bits per heavy atom. The van der Waals surface area contributed by atoms with E-state index in [-0.39, 0.29) is 11.8 Å². The van der Waals surface area contributed by atoms with Crippen molar-refractivity contribution in [2.45, 2.75) is 39.0 Å². The highest BCUT2D eigenvalue weighted by atomic mass is 16.2. The van der Waals surface area contributed by atoms with E-state index in [4.69, 9.17) is 0 Å². The van der Waals surface area contributed by atoms with E-state index in [0.717, 1.165) is 43.9 Å². The zero-order valence-corrected chi connectivity index (χ0v) is 17.2. The summed E-state index contributed by atoms with van der Waals surface area (Å²) in [5, 5.41) is 4.50. The fraction of sp³-hybridized carbons (Fsp3) is 0.375. The van der Waals surface area contributed by atoms with Crippen LogP contribution in [0.15, 0.2) is 60.9 Å². The number of likely N-dealkylation sites (tertiary alicyclic amines) is 1. The Morgan fingerprint density at radius 3 is 2.45 bits per heavy atom. The van der Waals surface area contributed by atoms with Gasteiger partial charge in [-0.2, -0.15) is 5.10 Å². The molecular weight excluding hydrogens is 360 g/mol. The van der Waals surface area contributed by atoms with Crippen molar-refractivity contribution in [3.05, 3.63) is 77.7 Å². The van der Waals surface area contributed by atoms with Gasteiger partial charge in [-0.25, -0.2) is 9.67 Å². The highest BCUT2D eigenvalue weighted by Crippen LogP contribution is 2.27. The maximum absolute atomic E-state index is 13.3. The summed E-state index contributed by atoms with van der Waals surface area (Å²) in [5.74, 6) is 1.65. The number of nitrogens with zero attached hydrogens (tertiary/aromatic N) is 4. The molecule has 1 fully saturated rings. The molecule has 1 saturated heterocycles. The lowest BCUT2D eigenvalue weighted by molar-refractivity contribution is 0.0689. The first kappa shape index (κ1) is 19.4. The molecule has 1 aliphatic rings. The summed E-state index contributed by atoms with van der Waals surface area (Å²) in [6.45, 7) is 5.81. The van der Waals surface area contributed by atoms with Gasteiger partial charge in [0.1, 0.15) is 0 Å². The summed E-state index contributed by atoms with van der Waals surface area (Å²) >= 11 is 0. The summed E-state index contributed by atoms with van der Waals surface area (Å²) in [7, 11) is 0. The standard InChI is InChI=1S/C24H28N4O/c1-18(2)23-21(17-26-28(23)22-10-6-7-13-25-22)24(29)27-14-11-20(12-15-27)16-19-8-4-3-5-9-19/h3-10,13,17-18,20H,11-12,14-16H2,1-2H3. The van der Waals surface area contributed by atoms with Crippen LogP contribution < -0.4 is 0 Å². The first-order valence-electron chi connectivity index (χ1n) is 10.5. The summed E-state index contributed by atoms with van der Waals surface area (Å²) in [6, 6.07) is 16.4. The van der Waals surface area contributed by atoms with Gasteiger partial charge in [-0.15, -0.1) is 0 Å². The third-order valence-corrected chi connectivity index (χ3v) is 5.72. The number of piperidine rings is 1. The van der Waals surface area contributed by atoms with Crippen LogP contribution in [0.3, 0.4) is 0 Å². The highest BCUT2D eigenvalue weighted by Gasteiger charge is 2.28. The molecule has 3 aromatic rings. The van der Waals surface area contributed by atoms with E-state index in [0.29, 0.717) is 11.5 Å². The molecular formula is C24H28N4O.